The molecule has 0 radical (unpaired) electrons. The summed E-state index contributed by atoms with van der Waals surface area (Å²) in [5.74, 6) is 0.766. The predicted molar refractivity (Wildman–Crippen MR) is 120 cm³/mol. The maximum atomic E-state index is 13.3. The fraction of sp³-hybridized carbons (Fsp3) is 0.240. The van der Waals surface area contributed by atoms with E-state index in [1.54, 1.807) is 12.5 Å². The molecule has 6 heteroatoms. The van der Waals surface area contributed by atoms with Crippen molar-refractivity contribution in [3.63, 3.8) is 0 Å². The number of carbonyl (C=O) groups excluding carboxylic acids is 1. The highest BCUT2D eigenvalue weighted by atomic mass is 16.3. The molecule has 1 aromatic carbocycles. The minimum absolute atomic E-state index is 0.0322. The van der Waals surface area contributed by atoms with Crippen LogP contribution in [0.25, 0.3) is 22.3 Å². The SMILES string of the molecule is O=C(NCC(c1ccco1)N1CCCC1)c1cc(-c2ccccn2)nc2ccccc12. The van der Waals surface area contributed by atoms with E-state index in [-0.39, 0.29) is 11.9 Å². The van der Waals surface area contributed by atoms with Crippen molar-refractivity contribution < 1.29 is 9.21 Å². The number of fused-ring (bicyclic) bond motifs is 1. The average Bonchev–Trinajstić information content (AvgIpc) is 3.54. The summed E-state index contributed by atoms with van der Waals surface area (Å²) in [5, 5.41) is 3.98. The van der Waals surface area contributed by atoms with Crippen molar-refractivity contribution in [2.45, 2.75) is 18.9 Å². The van der Waals surface area contributed by atoms with Crippen molar-refractivity contribution in [2.75, 3.05) is 19.6 Å². The van der Waals surface area contributed by atoms with Crippen LogP contribution in [0.4, 0.5) is 0 Å². The van der Waals surface area contributed by atoms with Crippen molar-refractivity contribution >= 4 is 16.8 Å². The summed E-state index contributed by atoms with van der Waals surface area (Å²) in [5.41, 5.74) is 2.81. The van der Waals surface area contributed by atoms with Gasteiger partial charge in [-0.2, -0.15) is 0 Å². The third-order valence-corrected chi connectivity index (χ3v) is 5.80. The number of benzene rings is 1. The molecule has 0 aliphatic carbocycles. The molecule has 1 fully saturated rings. The molecule has 5 rings (SSSR count). The van der Waals surface area contributed by atoms with Crippen LogP contribution < -0.4 is 5.32 Å². The number of para-hydroxylation sites is 1. The average molecular weight is 412 g/mol. The van der Waals surface area contributed by atoms with Crippen LogP contribution in [0.2, 0.25) is 0 Å². The van der Waals surface area contributed by atoms with Gasteiger partial charge in [-0.15, -0.1) is 0 Å². The van der Waals surface area contributed by atoms with Crippen molar-refractivity contribution in [1.82, 2.24) is 20.2 Å². The Balaban J connectivity index is 1.45. The van der Waals surface area contributed by atoms with Gasteiger partial charge in [0, 0.05) is 18.1 Å². The molecule has 1 amide bonds. The zero-order valence-corrected chi connectivity index (χ0v) is 17.2. The molecule has 1 unspecified atom stereocenters. The Labute approximate surface area is 180 Å². The molecular weight excluding hydrogens is 388 g/mol. The van der Waals surface area contributed by atoms with Gasteiger partial charge in [0.05, 0.1) is 34.8 Å². The first kappa shape index (κ1) is 19.5. The van der Waals surface area contributed by atoms with Crippen molar-refractivity contribution in [1.29, 1.82) is 0 Å². The van der Waals surface area contributed by atoms with Gasteiger partial charge in [-0.25, -0.2) is 4.98 Å². The highest BCUT2D eigenvalue weighted by Crippen LogP contribution is 2.26. The second-order valence-electron chi connectivity index (χ2n) is 7.77. The monoisotopic (exact) mass is 412 g/mol. The molecule has 3 aromatic heterocycles. The Hall–Kier alpha value is -3.51. The number of carbonyl (C=O) groups is 1. The number of amides is 1. The van der Waals surface area contributed by atoms with E-state index in [9.17, 15) is 4.79 Å². The maximum absolute atomic E-state index is 13.3. The molecule has 0 saturated carbocycles. The van der Waals surface area contributed by atoms with Gasteiger partial charge < -0.3 is 9.73 Å². The molecule has 1 saturated heterocycles. The van der Waals surface area contributed by atoms with Crippen molar-refractivity contribution in [2.24, 2.45) is 0 Å². The normalized spacial score (nSPS) is 15.2. The first-order valence-electron chi connectivity index (χ1n) is 10.7. The Morgan fingerprint density at radius 2 is 1.87 bits per heavy atom. The van der Waals surface area contributed by atoms with Crippen molar-refractivity contribution in [3.8, 4) is 11.4 Å². The van der Waals surface area contributed by atoms with E-state index in [0.717, 1.165) is 35.4 Å². The van der Waals surface area contributed by atoms with Gasteiger partial charge in [0.25, 0.3) is 5.91 Å². The van der Waals surface area contributed by atoms with Gasteiger partial charge in [0.15, 0.2) is 0 Å². The second kappa shape index (κ2) is 8.70. The third kappa shape index (κ3) is 4.07. The number of rotatable bonds is 6. The van der Waals surface area contributed by atoms with E-state index >= 15 is 0 Å². The first-order valence-corrected chi connectivity index (χ1v) is 10.7. The van der Waals surface area contributed by atoms with E-state index < -0.39 is 0 Å². The number of nitrogens with one attached hydrogen (secondary N) is 1. The van der Waals surface area contributed by atoms with Gasteiger partial charge in [0.2, 0.25) is 0 Å². The van der Waals surface area contributed by atoms with E-state index in [2.05, 4.69) is 15.2 Å². The lowest BCUT2D eigenvalue weighted by Gasteiger charge is -2.26. The number of furan rings is 1. The quantitative estimate of drug-likeness (QED) is 0.506. The topological polar surface area (TPSA) is 71.3 Å². The molecule has 1 aliphatic rings. The predicted octanol–water partition coefficient (Wildman–Crippen LogP) is 4.46. The highest BCUT2D eigenvalue weighted by Gasteiger charge is 2.26. The third-order valence-electron chi connectivity index (χ3n) is 5.80. The summed E-state index contributed by atoms with van der Waals surface area (Å²) in [4.78, 5) is 24.8. The van der Waals surface area contributed by atoms with Crippen LogP contribution in [0.1, 0.15) is 35.0 Å². The zero-order chi connectivity index (χ0) is 21.0. The lowest BCUT2D eigenvalue weighted by atomic mass is 10.1. The summed E-state index contributed by atoms with van der Waals surface area (Å²) in [6, 6.07) is 19.1. The Bertz CT molecular complexity index is 1170. The van der Waals surface area contributed by atoms with E-state index in [1.807, 2.05) is 60.7 Å². The Morgan fingerprint density at radius 1 is 1.03 bits per heavy atom. The zero-order valence-electron chi connectivity index (χ0n) is 17.2. The molecule has 6 nitrogen and oxygen atoms in total. The lowest BCUT2D eigenvalue weighted by Crippen LogP contribution is -2.36. The molecular formula is C25H24N4O2. The molecule has 1 N–H and O–H groups in total. The lowest BCUT2D eigenvalue weighted by molar-refractivity contribution is 0.0935. The molecule has 0 spiro atoms. The van der Waals surface area contributed by atoms with E-state index in [0.29, 0.717) is 17.8 Å². The molecule has 4 aromatic rings. The molecule has 1 atom stereocenters. The summed E-state index contributed by atoms with van der Waals surface area (Å²) >= 11 is 0. The van der Waals surface area contributed by atoms with Crippen LogP contribution >= 0.6 is 0 Å². The largest absolute Gasteiger partial charge is 0.468 e. The molecule has 4 heterocycles. The Kier molecular flexibility index (Phi) is 5.46. The van der Waals surface area contributed by atoms with Crippen LogP contribution in [-0.4, -0.2) is 40.4 Å². The van der Waals surface area contributed by atoms with Crippen LogP contribution in [0, 0.1) is 0 Å². The first-order chi connectivity index (χ1) is 15.3. The van der Waals surface area contributed by atoms with Crippen LogP contribution in [-0.2, 0) is 0 Å². The summed E-state index contributed by atoms with van der Waals surface area (Å²) in [6.07, 6.45) is 5.77. The van der Waals surface area contributed by atoms with E-state index in [4.69, 9.17) is 9.40 Å². The number of hydrogen-bond donors (Lipinski definition) is 1. The van der Waals surface area contributed by atoms with Gasteiger partial charge in [-0.3, -0.25) is 14.7 Å². The van der Waals surface area contributed by atoms with Crippen LogP contribution in [0.5, 0.6) is 0 Å². The maximum Gasteiger partial charge on any atom is 0.252 e. The number of nitrogens with zero attached hydrogens (tertiary/aromatic N) is 3. The standard InChI is InChI=1S/C25H24N4O2/c30-25(27-17-23(24-11-7-15-31-24)29-13-5-6-14-29)19-16-22(21-10-3-4-12-26-21)28-20-9-2-1-8-18(19)20/h1-4,7-12,15-16,23H,5-6,13-14,17H2,(H,27,30). The van der Waals surface area contributed by atoms with Crippen LogP contribution in [0.3, 0.4) is 0 Å². The number of aromatic nitrogens is 2. The number of pyridine rings is 2. The number of likely N-dealkylation sites (tertiary alicyclic amines) is 1. The summed E-state index contributed by atoms with van der Waals surface area (Å²) in [7, 11) is 0. The van der Waals surface area contributed by atoms with Gasteiger partial charge in [0.1, 0.15) is 5.76 Å². The fourth-order valence-electron chi connectivity index (χ4n) is 4.24. The molecule has 0 bridgehead atoms. The smallest absolute Gasteiger partial charge is 0.252 e. The van der Waals surface area contributed by atoms with Crippen molar-refractivity contribution in [3.05, 3.63) is 84.4 Å². The summed E-state index contributed by atoms with van der Waals surface area (Å²) < 4.78 is 5.68. The molecule has 156 valence electrons. The second-order valence-corrected chi connectivity index (χ2v) is 7.77. The van der Waals surface area contributed by atoms with Gasteiger partial charge in [-0.05, 0) is 62.3 Å². The number of hydrogen-bond acceptors (Lipinski definition) is 5. The van der Waals surface area contributed by atoms with Gasteiger partial charge in [-0.1, -0.05) is 24.3 Å². The molecule has 31 heavy (non-hydrogen) atoms. The molecule has 1 aliphatic heterocycles. The van der Waals surface area contributed by atoms with Gasteiger partial charge >= 0.3 is 0 Å². The van der Waals surface area contributed by atoms with Crippen LogP contribution in [0.15, 0.2) is 77.5 Å². The minimum atomic E-state index is -0.119. The highest BCUT2D eigenvalue weighted by molar-refractivity contribution is 6.07. The minimum Gasteiger partial charge on any atom is -0.468 e. The van der Waals surface area contributed by atoms with E-state index in [1.165, 1.54) is 12.8 Å². The summed E-state index contributed by atoms with van der Waals surface area (Å²) in [6.45, 7) is 2.52. The Morgan fingerprint density at radius 3 is 2.65 bits per heavy atom. The fourth-order valence-corrected chi connectivity index (χ4v) is 4.24.